The number of aromatic nitrogens is 3. The number of nitrogens with zero attached hydrogens (tertiary/aromatic N) is 3. The van der Waals surface area contributed by atoms with Crippen LogP contribution in [0.4, 0.5) is 0 Å². The average Bonchev–Trinajstić information content (AvgIpc) is 3.20. The number of halogens is 1. The lowest BCUT2D eigenvalue weighted by atomic mass is 10.0. The first-order chi connectivity index (χ1) is 15.2. The molecule has 0 aliphatic heterocycles. The summed E-state index contributed by atoms with van der Waals surface area (Å²) in [6, 6.07) is 22.3. The van der Waals surface area contributed by atoms with Crippen LogP contribution >= 0.6 is 11.6 Å². The monoisotopic (exact) mass is 427 g/mol. The first-order valence-electron chi connectivity index (χ1n) is 10.5. The summed E-state index contributed by atoms with van der Waals surface area (Å²) in [6.07, 6.45) is 2.92. The van der Waals surface area contributed by atoms with Gasteiger partial charge in [-0.3, -0.25) is 4.98 Å². The van der Waals surface area contributed by atoms with Gasteiger partial charge in [0.1, 0.15) is 11.4 Å². The number of aryl methyl sites for hydroxylation is 1. The zero-order chi connectivity index (χ0) is 21.4. The number of fused-ring (bicyclic) bond motifs is 3. The third-order valence-corrected chi connectivity index (χ3v) is 5.75. The molecule has 0 radical (unpaired) electrons. The van der Waals surface area contributed by atoms with Crippen molar-refractivity contribution in [3.63, 3.8) is 0 Å². The molecule has 4 nitrogen and oxygen atoms in total. The molecule has 0 bridgehead atoms. The van der Waals surface area contributed by atoms with Gasteiger partial charge in [0.15, 0.2) is 0 Å². The Morgan fingerprint density at radius 2 is 1.68 bits per heavy atom. The molecule has 154 valence electrons. The minimum atomic E-state index is 0.611. The van der Waals surface area contributed by atoms with Crippen LogP contribution in [0.15, 0.2) is 72.9 Å². The van der Waals surface area contributed by atoms with E-state index in [1.54, 1.807) is 0 Å². The number of hydrogen-bond donors (Lipinski definition) is 0. The van der Waals surface area contributed by atoms with Crippen molar-refractivity contribution in [1.82, 2.24) is 14.8 Å². The summed E-state index contributed by atoms with van der Waals surface area (Å²) in [7, 11) is 0. The van der Waals surface area contributed by atoms with E-state index >= 15 is 0 Å². The lowest BCUT2D eigenvalue weighted by Crippen LogP contribution is -1.97. The van der Waals surface area contributed by atoms with Gasteiger partial charge in [0.25, 0.3) is 0 Å². The first-order valence-corrected chi connectivity index (χ1v) is 10.8. The van der Waals surface area contributed by atoms with E-state index in [0.29, 0.717) is 11.6 Å². The molecule has 0 saturated carbocycles. The molecular formula is C26H22ClN3O. The maximum Gasteiger partial charge on any atom is 0.120 e. The molecule has 0 fully saturated rings. The Bertz CT molecular complexity index is 1370. The molecule has 0 unspecified atom stereocenters. The molecular weight excluding hydrogens is 406 g/mol. The number of pyridine rings is 1. The highest BCUT2D eigenvalue weighted by molar-refractivity contribution is 6.30. The van der Waals surface area contributed by atoms with Gasteiger partial charge in [-0.2, -0.15) is 5.10 Å². The Hall–Kier alpha value is -3.37. The van der Waals surface area contributed by atoms with Crippen LogP contribution in [0.5, 0.6) is 5.75 Å². The Morgan fingerprint density at radius 1 is 0.903 bits per heavy atom. The second-order valence-electron chi connectivity index (χ2n) is 7.42. The molecule has 0 saturated heterocycles. The summed E-state index contributed by atoms with van der Waals surface area (Å²) in [5.41, 5.74) is 6.12. The summed E-state index contributed by atoms with van der Waals surface area (Å²) in [5, 5.41) is 7.73. The molecule has 0 N–H and O–H groups in total. The molecule has 0 atom stereocenters. The summed E-state index contributed by atoms with van der Waals surface area (Å²) in [5.74, 6) is 0.821. The van der Waals surface area contributed by atoms with Crippen molar-refractivity contribution in [3.05, 3.63) is 83.5 Å². The van der Waals surface area contributed by atoms with Gasteiger partial charge >= 0.3 is 0 Å². The maximum absolute atomic E-state index is 6.14. The summed E-state index contributed by atoms with van der Waals surface area (Å²) in [6.45, 7) is 4.76. The van der Waals surface area contributed by atoms with Crippen molar-refractivity contribution in [1.29, 1.82) is 0 Å². The zero-order valence-corrected chi connectivity index (χ0v) is 18.2. The Balaban J connectivity index is 1.83. The molecule has 31 heavy (non-hydrogen) atoms. The highest BCUT2D eigenvalue weighted by Crippen LogP contribution is 2.35. The summed E-state index contributed by atoms with van der Waals surface area (Å²) < 4.78 is 7.75. The lowest BCUT2D eigenvalue weighted by molar-refractivity contribution is 0.341. The number of hydrogen-bond acceptors (Lipinski definition) is 3. The minimum absolute atomic E-state index is 0.611. The fraction of sp³-hybridized carbons (Fsp3) is 0.154. The quantitative estimate of drug-likeness (QED) is 0.307. The van der Waals surface area contributed by atoms with Crippen molar-refractivity contribution < 1.29 is 4.74 Å². The van der Waals surface area contributed by atoms with Crippen LogP contribution in [-0.2, 0) is 6.42 Å². The van der Waals surface area contributed by atoms with Crippen LogP contribution in [0.3, 0.4) is 0 Å². The molecule has 5 rings (SSSR count). The topological polar surface area (TPSA) is 39.9 Å². The van der Waals surface area contributed by atoms with Crippen LogP contribution in [0.1, 0.15) is 19.4 Å². The number of benzene rings is 3. The van der Waals surface area contributed by atoms with Crippen LogP contribution in [0.25, 0.3) is 38.8 Å². The SMILES string of the molecule is CCOc1ccc2ncc3c(-c4ccc(CC)cc4)nn(-c4ccc(Cl)cc4)c3c2c1. The van der Waals surface area contributed by atoms with E-state index in [2.05, 4.69) is 31.2 Å². The van der Waals surface area contributed by atoms with Crippen LogP contribution in [0, 0.1) is 0 Å². The van der Waals surface area contributed by atoms with Gasteiger partial charge in [-0.25, -0.2) is 4.68 Å². The van der Waals surface area contributed by atoms with Gasteiger partial charge in [-0.05, 0) is 61.4 Å². The lowest BCUT2D eigenvalue weighted by Gasteiger charge is -2.08. The van der Waals surface area contributed by atoms with Crippen molar-refractivity contribution in [3.8, 4) is 22.7 Å². The first kappa shape index (κ1) is 19.6. The number of ether oxygens (including phenoxy) is 1. The fourth-order valence-electron chi connectivity index (χ4n) is 3.90. The van der Waals surface area contributed by atoms with Crippen molar-refractivity contribution in [2.75, 3.05) is 6.61 Å². The largest absolute Gasteiger partial charge is 0.494 e. The van der Waals surface area contributed by atoms with E-state index in [9.17, 15) is 0 Å². The van der Waals surface area contributed by atoms with Gasteiger partial charge < -0.3 is 4.74 Å². The summed E-state index contributed by atoms with van der Waals surface area (Å²) >= 11 is 6.14. The average molecular weight is 428 g/mol. The van der Waals surface area contributed by atoms with E-state index < -0.39 is 0 Å². The molecule has 3 aromatic carbocycles. The van der Waals surface area contributed by atoms with Crippen LogP contribution in [0.2, 0.25) is 5.02 Å². The van der Waals surface area contributed by atoms with Crippen molar-refractivity contribution >= 4 is 33.4 Å². The van der Waals surface area contributed by atoms with Gasteiger partial charge in [0.2, 0.25) is 0 Å². The second-order valence-corrected chi connectivity index (χ2v) is 7.86. The van der Waals surface area contributed by atoms with Gasteiger partial charge in [0.05, 0.1) is 23.3 Å². The normalized spacial score (nSPS) is 11.3. The minimum Gasteiger partial charge on any atom is -0.494 e. The van der Waals surface area contributed by atoms with E-state index in [-0.39, 0.29) is 0 Å². The molecule has 0 spiro atoms. The third kappa shape index (κ3) is 3.53. The zero-order valence-electron chi connectivity index (χ0n) is 17.5. The smallest absolute Gasteiger partial charge is 0.120 e. The van der Waals surface area contributed by atoms with E-state index in [0.717, 1.165) is 50.9 Å². The predicted octanol–water partition coefficient (Wildman–Crippen LogP) is 6.86. The Kier molecular flexibility index (Phi) is 5.08. The van der Waals surface area contributed by atoms with Crippen molar-refractivity contribution in [2.24, 2.45) is 0 Å². The standard InChI is InChI=1S/C26H22ClN3O/c1-3-17-5-7-18(8-6-17)25-23-16-28-24-14-13-21(31-4-2)15-22(24)26(23)30(29-25)20-11-9-19(27)10-12-20/h5-16H,3-4H2,1-2H3. The highest BCUT2D eigenvalue weighted by Gasteiger charge is 2.17. The molecule has 0 aliphatic rings. The van der Waals surface area contributed by atoms with Crippen LogP contribution < -0.4 is 4.74 Å². The molecule has 2 heterocycles. The van der Waals surface area contributed by atoms with Crippen LogP contribution in [-0.4, -0.2) is 21.4 Å². The van der Waals surface area contributed by atoms with E-state index in [1.165, 1.54) is 5.56 Å². The number of rotatable bonds is 5. The molecule has 5 heteroatoms. The van der Waals surface area contributed by atoms with Gasteiger partial charge in [-0.1, -0.05) is 42.8 Å². The third-order valence-electron chi connectivity index (χ3n) is 5.50. The maximum atomic E-state index is 6.14. The fourth-order valence-corrected chi connectivity index (χ4v) is 4.03. The van der Waals surface area contributed by atoms with E-state index in [1.807, 2.05) is 60.3 Å². The second kappa shape index (κ2) is 8.05. The molecule has 2 aromatic heterocycles. The van der Waals surface area contributed by atoms with E-state index in [4.69, 9.17) is 26.4 Å². The van der Waals surface area contributed by atoms with Crippen molar-refractivity contribution in [2.45, 2.75) is 20.3 Å². The molecule has 5 aromatic rings. The highest BCUT2D eigenvalue weighted by atomic mass is 35.5. The Labute approximate surface area is 186 Å². The summed E-state index contributed by atoms with van der Waals surface area (Å²) in [4.78, 5) is 4.72. The van der Waals surface area contributed by atoms with Gasteiger partial charge in [0, 0.05) is 27.6 Å². The Morgan fingerprint density at radius 3 is 2.39 bits per heavy atom. The van der Waals surface area contributed by atoms with Gasteiger partial charge in [-0.15, -0.1) is 0 Å². The predicted molar refractivity (Wildman–Crippen MR) is 127 cm³/mol. The molecule has 0 aliphatic carbocycles. The molecule has 0 amide bonds.